The summed E-state index contributed by atoms with van der Waals surface area (Å²) >= 11 is 0. The molecule has 106 valence electrons. The molecule has 2 aromatic carbocycles. The lowest BCUT2D eigenvalue weighted by Gasteiger charge is -2.18. The second-order valence-corrected chi connectivity index (χ2v) is 5.24. The molecule has 0 amide bonds. The fraction of sp³-hybridized carbons (Fsp3) is 0.333. The molecule has 0 bridgehead atoms. The molecule has 0 radical (unpaired) electrons. The molecule has 0 heterocycles. The van der Waals surface area contributed by atoms with E-state index in [0.29, 0.717) is 0 Å². The molecule has 0 unspecified atom stereocenters. The maximum Gasteiger partial charge on any atom is 0.129 e. The summed E-state index contributed by atoms with van der Waals surface area (Å²) in [6.45, 7) is 8.38. The lowest BCUT2D eigenvalue weighted by atomic mass is 9.92. The summed E-state index contributed by atoms with van der Waals surface area (Å²) in [5, 5.41) is 0. The van der Waals surface area contributed by atoms with E-state index >= 15 is 0 Å². The van der Waals surface area contributed by atoms with Crippen LogP contribution in [0.1, 0.15) is 22.3 Å². The van der Waals surface area contributed by atoms with Gasteiger partial charge in [-0.15, -0.1) is 0 Å². The molecule has 2 heteroatoms. The highest BCUT2D eigenvalue weighted by molar-refractivity contribution is 5.79. The summed E-state index contributed by atoms with van der Waals surface area (Å²) in [4.78, 5) is 0. The van der Waals surface area contributed by atoms with E-state index in [1.807, 2.05) is 0 Å². The van der Waals surface area contributed by atoms with Gasteiger partial charge in [0.1, 0.15) is 11.5 Å². The quantitative estimate of drug-likeness (QED) is 0.811. The van der Waals surface area contributed by atoms with Crippen molar-refractivity contribution in [2.24, 2.45) is 0 Å². The number of rotatable bonds is 3. The zero-order valence-electron chi connectivity index (χ0n) is 13.1. The molecule has 0 saturated carbocycles. The fourth-order valence-corrected chi connectivity index (χ4v) is 2.66. The minimum absolute atomic E-state index is 0.926. The highest BCUT2D eigenvalue weighted by Crippen LogP contribution is 2.39. The van der Waals surface area contributed by atoms with Crippen LogP contribution in [-0.2, 0) is 0 Å². The third-order valence-corrected chi connectivity index (χ3v) is 3.78. The zero-order chi connectivity index (χ0) is 14.9. The minimum atomic E-state index is 0.926. The molecular weight excluding hydrogens is 248 g/mol. The van der Waals surface area contributed by atoms with Crippen LogP contribution in [0.3, 0.4) is 0 Å². The normalized spacial score (nSPS) is 10.5. The van der Waals surface area contributed by atoms with Gasteiger partial charge in [0.2, 0.25) is 0 Å². The summed E-state index contributed by atoms with van der Waals surface area (Å²) in [5.74, 6) is 1.88. The zero-order valence-corrected chi connectivity index (χ0v) is 13.1. The van der Waals surface area contributed by atoms with Gasteiger partial charge in [-0.3, -0.25) is 0 Å². The van der Waals surface area contributed by atoms with Crippen molar-refractivity contribution < 1.29 is 9.47 Å². The van der Waals surface area contributed by atoms with Crippen LogP contribution in [0.15, 0.2) is 24.3 Å². The number of hydrogen-bond acceptors (Lipinski definition) is 2. The Morgan fingerprint density at radius 3 is 1.95 bits per heavy atom. The first-order chi connectivity index (χ1) is 9.49. The van der Waals surface area contributed by atoms with Crippen molar-refractivity contribution in [3.8, 4) is 22.6 Å². The van der Waals surface area contributed by atoms with Crippen LogP contribution >= 0.6 is 0 Å². The molecule has 2 nitrogen and oxygen atoms in total. The maximum absolute atomic E-state index is 5.63. The van der Waals surface area contributed by atoms with E-state index in [-0.39, 0.29) is 0 Å². The second-order valence-electron chi connectivity index (χ2n) is 5.24. The van der Waals surface area contributed by atoms with Gasteiger partial charge in [-0.05, 0) is 67.6 Å². The summed E-state index contributed by atoms with van der Waals surface area (Å²) in [7, 11) is 3.44. The van der Waals surface area contributed by atoms with Crippen molar-refractivity contribution in [2.75, 3.05) is 14.2 Å². The maximum atomic E-state index is 5.63. The van der Waals surface area contributed by atoms with E-state index in [9.17, 15) is 0 Å². The Bertz CT molecular complexity index is 642. The predicted octanol–water partition coefficient (Wildman–Crippen LogP) is 4.60. The van der Waals surface area contributed by atoms with Crippen molar-refractivity contribution in [1.82, 2.24) is 0 Å². The SMILES string of the molecule is COc1cc(C)c(-c2c(C)ccc(C)c2OC)cc1C. The van der Waals surface area contributed by atoms with Gasteiger partial charge < -0.3 is 9.47 Å². The topological polar surface area (TPSA) is 18.5 Å². The monoisotopic (exact) mass is 270 g/mol. The Morgan fingerprint density at radius 2 is 1.35 bits per heavy atom. The molecule has 0 N–H and O–H groups in total. The second kappa shape index (κ2) is 5.58. The van der Waals surface area contributed by atoms with Crippen LogP contribution in [0.2, 0.25) is 0 Å². The molecule has 0 aromatic heterocycles. The molecule has 0 aliphatic rings. The van der Waals surface area contributed by atoms with Crippen molar-refractivity contribution >= 4 is 0 Å². The third-order valence-electron chi connectivity index (χ3n) is 3.78. The largest absolute Gasteiger partial charge is 0.496 e. The summed E-state index contributed by atoms with van der Waals surface area (Å²) < 4.78 is 11.0. The Balaban J connectivity index is 2.75. The molecule has 0 fully saturated rings. The van der Waals surface area contributed by atoms with Crippen LogP contribution in [0.4, 0.5) is 0 Å². The smallest absolute Gasteiger partial charge is 0.129 e. The van der Waals surface area contributed by atoms with E-state index in [1.54, 1.807) is 14.2 Å². The molecule has 0 aliphatic carbocycles. The van der Waals surface area contributed by atoms with E-state index in [2.05, 4.69) is 52.0 Å². The molecule has 0 atom stereocenters. The van der Waals surface area contributed by atoms with E-state index in [0.717, 1.165) is 22.6 Å². The van der Waals surface area contributed by atoms with Crippen molar-refractivity contribution in [2.45, 2.75) is 27.7 Å². The van der Waals surface area contributed by atoms with Gasteiger partial charge in [0.15, 0.2) is 0 Å². The first-order valence-electron chi connectivity index (χ1n) is 6.79. The van der Waals surface area contributed by atoms with Gasteiger partial charge in [0.05, 0.1) is 14.2 Å². The first kappa shape index (κ1) is 14.4. The summed E-state index contributed by atoms with van der Waals surface area (Å²) in [6.07, 6.45) is 0. The average Bonchev–Trinajstić information content (AvgIpc) is 2.43. The van der Waals surface area contributed by atoms with Crippen LogP contribution in [-0.4, -0.2) is 14.2 Å². The average molecular weight is 270 g/mol. The summed E-state index contributed by atoms with van der Waals surface area (Å²) in [6, 6.07) is 8.51. The highest BCUT2D eigenvalue weighted by Gasteiger charge is 2.15. The number of methoxy groups -OCH3 is 2. The van der Waals surface area contributed by atoms with E-state index in [4.69, 9.17) is 9.47 Å². The molecule has 20 heavy (non-hydrogen) atoms. The summed E-state index contributed by atoms with van der Waals surface area (Å²) in [5.41, 5.74) is 7.09. The van der Waals surface area contributed by atoms with Crippen LogP contribution < -0.4 is 9.47 Å². The predicted molar refractivity (Wildman–Crippen MR) is 83.9 cm³/mol. The Kier molecular flexibility index (Phi) is 4.03. The molecule has 2 rings (SSSR count). The van der Waals surface area contributed by atoms with Gasteiger partial charge in [-0.1, -0.05) is 12.1 Å². The van der Waals surface area contributed by atoms with Crippen molar-refractivity contribution in [3.05, 3.63) is 46.5 Å². The van der Waals surface area contributed by atoms with Crippen molar-refractivity contribution in [3.63, 3.8) is 0 Å². The van der Waals surface area contributed by atoms with Crippen LogP contribution in [0.25, 0.3) is 11.1 Å². The van der Waals surface area contributed by atoms with Crippen LogP contribution in [0.5, 0.6) is 11.5 Å². The van der Waals surface area contributed by atoms with Crippen molar-refractivity contribution in [1.29, 1.82) is 0 Å². The number of hydrogen-bond donors (Lipinski definition) is 0. The number of ether oxygens (including phenoxy) is 2. The number of aryl methyl sites for hydroxylation is 4. The fourth-order valence-electron chi connectivity index (χ4n) is 2.66. The molecule has 0 saturated heterocycles. The molecule has 0 spiro atoms. The molecular formula is C18H22O2. The van der Waals surface area contributed by atoms with Gasteiger partial charge in [0, 0.05) is 5.56 Å². The van der Waals surface area contributed by atoms with Crippen LogP contribution in [0, 0.1) is 27.7 Å². The standard InChI is InChI=1S/C18H22O2/c1-11-7-8-12(2)18(20-6)17(11)15-9-14(4)16(19-5)10-13(15)3/h7-10H,1-6H3. The van der Waals surface area contributed by atoms with Gasteiger partial charge in [0.25, 0.3) is 0 Å². The highest BCUT2D eigenvalue weighted by atomic mass is 16.5. The van der Waals surface area contributed by atoms with E-state index < -0.39 is 0 Å². The Hall–Kier alpha value is -1.96. The van der Waals surface area contributed by atoms with Gasteiger partial charge in [-0.2, -0.15) is 0 Å². The Morgan fingerprint density at radius 1 is 0.700 bits per heavy atom. The number of benzene rings is 2. The minimum Gasteiger partial charge on any atom is -0.496 e. The molecule has 2 aromatic rings. The third kappa shape index (κ3) is 2.38. The Labute approximate surface area is 121 Å². The lowest BCUT2D eigenvalue weighted by molar-refractivity contribution is 0.410. The molecule has 0 aliphatic heterocycles. The first-order valence-corrected chi connectivity index (χ1v) is 6.79. The van der Waals surface area contributed by atoms with Gasteiger partial charge in [-0.25, -0.2) is 0 Å². The van der Waals surface area contributed by atoms with Gasteiger partial charge >= 0.3 is 0 Å². The van der Waals surface area contributed by atoms with E-state index in [1.165, 1.54) is 22.3 Å². The lowest BCUT2D eigenvalue weighted by Crippen LogP contribution is -1.97.